The summed E-state index contributed by atoms with van der Waals surface area (Å²) in [6.07, 6.45) is 1.11. The molecule has 0 aliphatic carbocycles. The lowest BCUT2D eigenvalue weighted by Gasteiger charge is -2.20. The van der Waals surface area contributed by atoms with Crippen LogP contribution in [0.15, 0.2) is 34.6 Å². The van der Waals surface area contributed by atoms with E-state index in [-0.39, 0.29) is 0 Å². The van der Waals surface area contributed by atoms with E-state index in [9.17, 15) is 0 Å². The fraction of sp³-hybridized carbons (Fsp3) is 0.474. The van der Waals surface area contributed by atoms with E-state index in [1.165, 1.54) is 11.3 Å². The summed E-state index contributed by atoms with van der Waals surface area (Å²) in [4.78, 5) is 13.4. The molecule has 1 aromatic heterocycles. The van der Waals surface area contributed by atoms with Crippen LogP contribution >= 0.6 is 11.3 Å². The molecule has 1 unspecified atom stereocenters. The SMILES string of the molecule is CN=C(NCc1csc(N(C)C)n1)NC1CCN(c2ccc(C)cc2)C1. The first-order chi connectivity index (χ1) is 12.5. The summed E-state index contributed by atoms with van der Waals surface area (Å²) in [5, 5.41) is 10.0. The monoisotopic (exact) mass is 372 g/mol. The van der Waals surface area contributed by atoms with Gasteiger partial charge in [-0.05, 0) is 25.5 Å². The van der Waals surface area contributed by atoms with Crippen LogP contribution in [-0.2, 0) is 6.54 Å². The van der Waals surface area contributed by atoms with Crippen molar-refractivity contribution in [1.82, 2.24) is 15.6 Å². The Balaban J connectivity index is 1.50. The van der Waals surface area contributed by atoms with Crippen LogP contribution in [0.5, 0.6) is 0 Å². The number of anilines is 2. The van der Waals surface area contributed by atoms with E-state index in [4.69, 9.17) is 0 Å². The highest BCUT2D eigenvalue weighted by Crippen LogP contribution is 2.21. The Morgan fingerprint density at radius 3 is 2.77 bits per heavy atom. The summed E-state index contributed by atoms with van der Waals surface area (Å²) < 4.78 is 0. The molecule has 26 heavy (non-hydrogen) atoms. The summed E-state index contributed by atoms with van der Waals surface area (Å²) in [6.45, 7) is 4.86. The number of aryl methyl sites for hydroxylation is 1. The average Bonchev–Trinajstić information content (AvgIpc) is 3.29. The molecule has 0 spiro atoms. The van der Waals surface area contributed by atoms with Crippen molar-refractivity contribution in [3.8, 4) is 0 Å². The Bertz CT molecular complexity index is 737. The van der Waals surface area contributed by atoms with Crippen LogP contribution in [0.4, 0.5) is 10.8 Å². The number of benzene rings is 1. The summed E-state index contributed by atoms with van der Waals surface area (Å²) in [5.74, 6) is 0.833. The van der Waals surface area contributed by atoms with Crippen LogP contribution in [0.25, 0.3) is 0 Å². The third-order valence-corrected chi connectivity index (χ3v) is 5.57. The van der Waals surface area contributed by atoms with Gasteiger partial charge < -0.3 is 20.4 Å². The zero-order valence-electron chi connectivity index (χ0n) is 16.0. The molecule has 2 heterocycles. The predicted octanol–water partition coefficient (Wildman–Crippen LogP) is 2.46. The van der Waals surface area contributed by atoms with E-state index in [0.29, 0.717) is 12.6 Å². The van der Waals surface area contributed by atoms with Gasteiger partial charge in [0.25, 0.3) is 0 Å². The van der Waals surface area contributed by atoms with E-state index < -0.39 is 0 Å². The van der Waals surface area contributed by atoms with E-state index in [1.54, 1.807) is 11.3 Å². The van der Waals surface area contributed by atoms with Gasteiger partial charge in [0.2, 0.25) is 0 Å². The second-order valence-electron chi connectivity index (χ2n) is 6.85. The first-order valence-corrected chi connectivity index (χ1v) is 9.83. The zero-order chi connectivity index (χ0) is 18.5. The Hall–Kier alpha value is -2.28. The van der Waals surface area contributed by atoms with Crippen molar-refractivity contribution in [2.45, 2.75) is 25.9 Å². The molecule has 3 rings (SSSR count). The minimum atomic E-state index is 0.398. The highest BCUT2D eigenvalue weighted by molar-refractivity contribution is 7.13. The molecule has 140 valence electrons. The standard InChI is InChI=1S/C19H28N6S/c1-14-5-7-17(8-6-14)25-10-9-15(12-25)22-18(20-2)21-11-16-13-26-19(23-16)24(3)4/h5-8,13,15H,9-12H2,1-4H3,(H2,20,21,22). The molecule has 6 nitrogen and oxygen atoms in total. The second kappa shape index (κ2) is 8.40. The van der Waals surface area contributed by atoms with Gasteiger partial charge in [0.15, 0.2) is 11.1 Å². The van der Waals surface area contributed by atoms with Crippen molar-refractivity contribution >= 4 is 28.1 Å². The van der Waals surface area contributed by atoms with Crippen molar-refractivity contribution in [2.75, 3.05) is 44.0 Å². The molecule has 2 N–H and O–H groups in total. The molecule has 1 aliphatic heterocycles. The molecule has 2 aromatic rings. The smallest absolute Gasteiger partial charge is 0.191 e. The minimum Gasteiger partial charge on any atom is -0.369 e. The summed E-state index contributed by atoms with van der Waals surface area (Å²) in [6, 6.07) is 9.15. The first kappa shape index (κ1) is 18.5. The van der Waals surface area contributed by atoms with Crippen molar-refractivity contribution in [1.29, 1.82) is 0 Å². The topological polar surface area (TPSA) is 55.8 Å². The van der Waals surface area contributed by atoms with Crippen LogP contribution in [0.1, 0.15) is 17.7 Å². The molecule has 1 aromatic carbocycles. The van der Waals surface area contributed by atoms with Crippen molar-refractivity contribution in [3.63, 3.8) is 0 Å². The minimum absolute atomic E-state index is 0.398. The first-order valence-electron chi connectivity index (χ1n) is 8.95. The maximum Gasteiger partial charge on any atom is 0.191 e. The van der Waals surface area contributed by atoms with Gasteiger partial charge in [0, 0.05) is 51.3 Å². The Kier molecular flexibility index (Phi) is 5.98. The zero-order valence-corrected chi connectivity index (χ0v) is 16.8. The van der Waals surface area contributed by atoms with E-state index >= 15 is 0 Å². The lowest BCUT2D eigenvalue weighted by atomic mass is 10.2. The number of hydrogen-bond acceptors (Lipinski definition) is 5. The van der Waals surface area contributed by atoms with Gasteiger partial charge in [-0.25, -0.2) is 4.98 Å². The number of aromatic nitrogens is 1. The Labute approximate surface area is 160 Å². The summed E-state index contributed by atoms with van der Waals surface area (Å²) in [5.41, 5.74) is 3.63. The van der Waals surface area contributed by atoms with Crippen molar-refractivity contribution < 1.29 is 0 Å². The number of nitrogens with one attached hydrogen (secondary N) is 2. The van der Waals surface area contributed by atoms with Crippen LogP contribution in [0.3, 0.4) is 0 Å². The van der Waals surface area contributed by atoms with Crippen LogP contribution in [0, 0.1) is 6.92 Å². The predicted molar refractivity (Wildman–Crippen MR) is 112 cm³/mol. The lowest BCUT2D eigenvalue weighted by Crippen LogP contribution is -2.44. The molecule has 1 saturated heterocycles. The maximum absolute atomic E-state index is 4.60. The van der Waals surface area contributed by atoms with Gasteiger partial charge >= 0.3 is 0 Å². The molecule has 1 atom stereocenters. The average molecular weight is 373 g/mol. The van der Waals surface area contributed by atoms with Gasteiger partial charge in [0.05, 0.1) is 12.2 Å². The van der Waals surface area contributed by atoms with Gasteiger partial charge in [0.1, 0.15) is 0 Å². The van der Waals surface area contributed by atoms with Crippen LogP contribution in [-0.4, -0.2) is 51.2 Å². The molecule has 1 aliphatic rings. The molecule has 0 saturated carbocycles. The third kappa shape index (κ3) is 4.66. The number of rotatable bonds is 5. The highest BCUT2D eigenvalue weighted by atomic mass is 32.1. The van der Waals surface area contributed by atoms with E-state index in [1.807, 2.05) is 26.0 Å². The highest BCUT2D eigenvalue weighted by Gasteiger charge is 2.23. The van der Waals surface area contributed by atoms with Crippen LogP contribution < -0.4 is 20.4 Å². The number of guanidine groups is 1. The molecule has 0 amide bonds. The van der Waals surface area contributed by atoms with Gasteiger partial charge in [-0.2, -0.15) is 0 Å². The largest absolute Gasteiger partial charge is 0.369 e. The number of thiazole rings is 1. The lowest BCUT2D eigenvalue weighted by molar-refractivity contribution is 0.647. The third-order valence-electron chi connectivity index (χ3n) is 4.51. The van der Waals surface area contributed by atoms with Gasteiger partial charge in [-0.15, -0.1) is 11.3 Å². The number of nitrogens with zero attached hydrogens (tertiary/aromatic N) is 4. The van der Waals surface area contributed by atoms with Gasteiger partial charge in [-0.3, -0.25) is 4.99 Å². The Morgan fingerprint density at radius 2 is 2.12 bits per heavy atom. The molecular formula is C19H28N6S. The van der Waals surface area contributed by atoms with E-state index in [2.05, 4.69) is 62.1 Å². The number of aliphatic imine (C=N–C) groups is 1. The van der Waals surface area contributed by atoms with Crippen LogP contribution in [0.2, 0.25) is 0 Å². The fourth-order valence-corrected chi connectivity index (χ4v) is 3.77. The molecular weight excluding hydrogens is 344 g/mol. The fourth-order valence-electron chi connectivity index (χ4n) is 3.01. The second-order valence-corrected chi connectivity index (χ2v) is 7.69. The quantitative estimate of drug-likeness (QED) is 0.624. The maximum atomic E-state index is 4.60. The summed E-state index contributed by atoms with van der Waals surface area (Å²) in [7, 11) is 5.83. The Morgan fingerprint density at radius 1 is 1.35 bits per heavy atom. The van der Waals surface area contributed by atoms with E-state index in [0.717, 1.165) is 36.3 Å². The normalized spacial score (nSPS) is 17.5. The molecule has 0 radical (unpaired) electrons. The summed E-state index contributed by atoms with van der Waals surface area (Å²) >= 11 is 1.66. The molecule has 7 heteroatoms. The van der Waals surface area contributed by atoms with Crippen molar-refractivity contribution in [3.05, 3.63) is 40.9 Å². The van der Waals surface area contributed by atoms with Crippen molar-refractivity contribution in [2.24, 2.45) is 4.99 Å². The molecule has 0 bridgehead atoms. The number of hydrogen-bond donors (Lipinski definition) is 2. The molecule has 1 fully saturated rings. The van der Waals surface area contributed by atoms with Gasteiger partial charge in [-0.1, -0.05) is 17.7 Å².